The summed E-state index contributed by atoms with van der Waals surface area (Å²) < 4.78 is 11.0. The van der Waals surface area contributed by atoms with Gasteiger partial charge >= 0.3 is 6.03 Å². The summed E-state index contributed by atoms with van der Waals surface area (Å²) in [5, 5.41) is 6.83. The van der Waals surface area contributed by atoms with E-state index in [0.29, 0.717) is 11.1 Å². The predicted molar refractivity (Wildman–Crippen MR) is 128 cm³/mol. The first-order valence-electron chi connectivity index (χ1n) is 11.1. The molecule has 172 valence electrons. The van der Waals surface area contributed by atoms with Crippen LogP contribution in [0, 0.1) is 6.92 Å². The number of hydrogen-bond acceptors (Lipinski definition) is 4. The summed E-state index contributed by atoms with van der Waals surface area (Å²) in [6, 6.07) is 12.1. The number of rotatable bonds is 5. The molecule has 1 heterocycles. The first kappa shape index (κ1) is 22.7. The zero-order valence-corrected chi connectivity index (χ0v) is 20.0. The lowest BCUT2D eigenvalue weighted by molar-refractivity contribution is 0.156. The fraction of sp³-hybridized carbons (Fsp3) is 0.480. The molecular weight excluding hydrogens is 426 g/mol. The number of carbonyl (C=O) groups is 1. The largest absolute Gasteiger partial charge is 0.493 e. The maximum Gasteiger partial charge on any atom is 0.319 e. The first-order valence-corrected chi connectivity index (χ1v) is 11.5. The smallest absolute Gasteiger partial charge is 0.319 e. The molecule has 1 saturated carbocycles. The Kier molecular flexibility index (Phi) is 6.54. The summed E-state index contributed by atoms with van der Waals surface area (Å²) in [5.74, 6) is 1.52. The molecule has 0 bridgehead atoms. The van der Waals surface area contributed by atoms with Crippen LogP contribution in [0.1, 0.15) is 36.8 Å². The van der Waals surface area contributed by atoms with Crippen LogP contribution in [0.25, 0.3) is 0 Å². The SMILES string of the molecule is COc1ccc(C23CCC(NC(=O)Nc4ccc(Cl)cc4C)CC2N(C)CC3)cc1OC. The number of nitrogens with one attached hydrogen (secondary N) is 2. The zero-order valence-electron chi connectivity index (χ0n) is 19.2. The maximum atomic E-state index is 12.7. The molecule has 2 aromatic rings. The molecule has 0 aromatic heterocycles. The molecule has 0 spiro atoms. The second-order valence-corrected chi connectivity index (χ2v) is 9.44. The fourth-order valence-corrected chi connectivity index (χ4v) is 5.73. The Labute approximate surface area is 195 Å². The quantitative estimate of drug-likeness (QED) is 0.664. The van der Waals surface area contributed by atoms with Gasteiger partial charge in [-0.1, -0.05) is 17.7 Å². The fourth-order valence-electron chi connectivity index (χ4n) is 5.51. The number of likely N-dealkylation sites (tertiary alicyclic amines) is 1. The van der Waals surface area contributed by atoms with E-state index in [1.807, 2.05) is 25.1 Å². The average Bonchev–Trinajstić information content (AvgIpc) is 3.12. The lowest BCUT2D eigenvalue weighted by Crippen LogP contribution is -2.52. The van der Waals surface area contributed by atoms with Crippen LogP contribution in [0.4, 0.5) is 10.5 Å². The van der Waals surface area contributed by atoms with E-state index in [-0.39, 0.29) is 17.5 Å². The number of halogens is 1. The summed E-state index contributed by atoms with van der Waals surface area (Å²) in [4.78, 5) is 15.1. The van der Waals surface area contributed by atoms with Gasteiger partial charge in [0, 0.05) is 28.2 Å². The number of hydrogen-bond donors (Lipinski definition) is 2. The van der Waals surface area contributed by atoms with Crippen LogP contribution in [0.2, 0.25) is 5.02 Å². The van der Waals surface area contributed by atoms with Crippen LogP contribution in [0.15, 0.2) is 36.4 Å². The molecule has 2 amide bonds. The van der Waals surface area contributed by atoms with E-state index in [1.165, 1.54) is 5.56 Å². The Morgan fingerprint density at radius 1 is 1.12 bits per heavy atom. The number of urea groups is 1. The van der Waals surface area contributed by atoms with Crippen molar-refractivity contribution in [2.75, 3.05) is 33.1 Å². The molecule has 1 aliphatic carbocycles. The van der Waals surface area contributed by atoms with Crippen molar-refractivity contribution < 1.29 is 14.3 Å². The lowest BCUT2D eigenvalue weighted by Gasteiger charge is -2.45. The van der Waals surface area contributed by atoms with Crippen molar-refractivity contribution in [2.45, 2.75) is 50.1 Å². The number of ether oxygens (including phenoxy) is 2. The number of aryl methyl sites for hydroxylation is 1. The van der Waals surface area contributed by atoms with E-state index in [0.717, 1.165) is 55.0 Å². The van der Waals surface area contributed by atoms with Gasteiger partial charge in [0.1, 0.15) is 0 Å². The predicted octanol–water partition coefficient (Wildman–Crippen LogP) is 4.98. The van der Waals surface area contributed by atoms with Crippen molar-refractivity contribution >= 4 is 23.3 Å². The number of methoxy groups -OCH3 is 2. The second kappa shape index (κ2) is 9.20. The van der Waals surface area contributed by atoms with Crippen molar-refractivity contribution in [3.63, 3.8) is 0 Å². The van der Waals surface area contributed by atoms with Gasteiger partial charge in [0.05, 0.1) is 14.2 Å². The van der Waals surface area contributed by atoms with Crippen LogP contribution in [0.5, 0.6) is 11.5 Å². The van der Waals surface area contributed by atoms with Crippen LogP contribution >= 0.6 is 11.6 Å². The third-order valence-corrected chi connectivity index (χ3v) is 7.49. The van der Waals surface area contributed by atoms with Crippen LogP contribution in [-0.2, 0) is 5.41 Å². The van der Waals surface area contributed by atoms with Gasteiger partial charge in [-0.15, -0.1) is 0 Å². The van der Waals surface area contributed by atoms with Crippen LogP contribution in [-0.4, -0.2) is 50.8 Å². The van der Waals surface area contributed by atoms with Crippen LogP contribution in [0.3, 0.4) is 0 Å². The van der Waals surface area contributed by atoms with Gasteiger partial charge in [0.15, 0.2) is 11.5 Å². The highest BCUT2D eigenvalue weighted by Gasteiger charge is 2.50. The number of anilines is 1. The van der Waals surface area contributed by atoms with Crippen LogP contribution < -0.4 is 20.1 Å². The molecule has 2 aromatic carbocycles. The summed E-state index contributed by atoms with van der Waals surface area (Å²) in [7, 11) is 5.53. The molecule has 2 N–H and O–H groups in total. The van der Waals surface area contributed by atoms with E-state index in [9.17, 15) is 4.79 Å². The maximum absolute atomic E-state index is 12.7. The highest BCUT2D eigenvalue weighted by molar-refractivity contribution is 6.30. The summed E-state index contributed by atoms with van der Waals surface area (Å²) in [6.07, 6.45) is 3.97. The third-order valence-electron chi connectivity index (χ3n) is 7.26. The molecule has 3 unspecified atom stereocenters. The van der Waals surface area contributed by atoms with Crippen molar-refractivity contribution in [2.24, 2.45) is 0 Å². The molecule has 2 fully saturated rings. The topological polar surface area (TPSA) is 62.8 Å². The molecule has 1 saturated heterocycles. The van der Waals surface area contributed by atoms with E-state index in [1.54, 1.807) is 20.3 Å². The van der Waals surface area contributed by atoms with E-state index < -0.39 is 0 Å². The monoisotopic (exact) mass is 457 g/mol. The number of fused-ring (bicyclic) bond motifs is 1. The Bertz CT molecular complexity index is 998. The Morgan fingerprint density at radius 3 is 2.62 bits per heavy atom. The number of amides is 2. The van der Waals surface area contributed by atoms with Crippen molar-refractivity contribution in [3.05, 3.63) is 52.5 Å². The number of nitrogens with zero attached hydrogens (tertiary/aromatic N) is 1. The molecule has 7 heteroatoms. The molecule has 4 rings (SSSR count). The summed E-state index contributed by atoms with van der Waals surface area (Å²) in [5.41, 5.74) is 3.08. The lowest BCUT2D eigenvalue weighted by atomic mass is 9.65. The minimum atomic E-state index is -0.167. The first-order chi connectivity index (χ1) is 15.4. The van der Waals surface area contributed by atoms with Gasteiger partial charge in [0.2, 0.25) is 0 Å². The second-order valence-electron chi connectivity index (χ2n) is 9.00. The molecule has 3 atom stereocenters. The Morgan fingerprint density at radius 2 is 1.91 bits per heavy atom. The normalized spacial score (nSPS) is 25.2. The van der Waals surface area contributed by atoms with E-state index >= 15 is 0 Å². The standard InChI is InChI=1S/C25H32ClN3O3/c1-16-13-18(26)6-7-20(16)28-24(30)27-19-9-10-25(11-12-29(2)23(25)15-19)17-5-8-21(31-3)22(14-17)32-4/h5-8,13-14,19,23H,9-12,15H2,1-4H3,(H2,27,28,30). The average molecular weight is 458 g/mol. The number of carbonyl (C=O) groups excluding carboxylic acids is 1. The molecular formula is C25H32ClN3O3. The molecule has 6 nitrogen and oxygen atoms in total. The molecule has 1 aliphatic heterocycles. The highest BCUT2D eigenvalue weighted by atomic mass is 35.5. The van der Waals surface area contributed by atoms with Gasteiger partial charge in [-0.05, 0) is 87.7 Å². The van der Waals surface area contributed by atoms with E-state index in [4.69, 9.17) is 21.1 Å². The minimum absolute atomic E-state index is 0.0652. The summed E-state index contributed by atoms with van der Waals surface area (Å²) in [6.45, 7) is 2.98. The number of benzene rings is 2. The Balaban J connectivity index is 1.48. The van der Waals surface area contributed by atoms with Crippen molar-refractivity contribution in [1.82, 2.24) is 10.2 Å². The molecule has 0 radical (unpaired) electrons. The highest BCUT2D eigenvalue weighted by Crippen LogP contribution is 2.49. The third kappa shape index (κ3) is 4.26. The minimum Gasteiger partial charge on any atom is -0.493 e. The van der Waals surface area contributed by atoms with Gasteiger partial charge < -0.3 is 25.0 Å². The van der Waals surface area contributed by atoms with Gasteiger partial charge in [-0.2, -0.15) is 0 Å². The zero-order chi connectivity index (χ0) is 22.9. The van der Waals surface area contributed by atoms with Crippen molar-refractivity contribution in [3.8, 4) is 11.5 Å². The van der Waals surface area contributed by atoms with Gasteiger partial charge in [-0.25, -0.2) is 4.79 Å². The van der Waals surface area contributed by atoms with Gasteiger partial charge in [-0.3, -0.25) is 0 Å². The van der Waals surface area contributed by atoms with Gasteiger partial charge in [0.25, 0.3) is 0 Å². The molecule has 2 aliphatic rings. The number of likely N-dealkylation sites (N-methyl/N-ethyl adjacent to an activating group) is 1. The molecule has 32 heavy (non-hydrogen) atoms. The summed E-state index contributed by atoms with van der Waals surface area (Å²) >= 11 is 6.03. The Hall–Kier alpha value is -2.44. The van der Waals surface area contributed by atoms with Crippen molar-refractivity contribution in [1.29, 1.82) is 0 Å². The van der Waals surface area contributed by atoms with E-state index in [2.05, 4.69) is 34.7 Å².